The topological polar surface area (TPSA) is 46.0 Å². The van der Waals surface area contributed by atoms with Crippen molar-refractivity contribution in [3.8, 4) is 0 Å². The lowest BCUT2D eigenvalue weighted by molar-refractivity contribution is 0.419. The minimum atomic E-state index is 0.422. The van der Waals surface area contributed by atoms with Gasteiger partial charge in [0.1, 0.15) is 0 Å². The first-order chi connectivity index (χ1) is 11.2. The maximum atomic E-state index is 6.26. The van der Waals surface area contributed by atoms with Crippen LogP contribution in [0.1, 0.15) is 49.4 Å². The number of nitrogens with one attached hydrogen (secondary N) is 1. The van der Waals surface area contributed by atoms with Crippen molar-refractivity contribution in [1.29, 1.82) is 0 Å². The van der Waals surface area contributed by atoms with Gasteiger partial charge in [0.25, 0.3) is 0 Å². The number of nitrogens with zero attached hydrogens (tertiary/aromatic N) is 3. The summed E-state index contributed by atoms with van der Waals surface area (Å²) in [6, 6.07) is 9.90. The number of halogens is 1. The van der Waals surface area contributed by atoms with Gasteiger partial charge in [0.2, 0.25) is 4.77 Å². The van der Waals surface area contributed by atoms with E-state index in [1.165, 1.54) is 19.3 Å². The van der Waals surface area contributed by atoms with Crippen LogP contribution in [0.25, 0.3) is 6.08 Å². The zero-order valence-electron chi connectivity index (χ0n) is 12.8. The van der Waals surface area contributed by atoms with Gasteiger partial charge in [-0.2, -0.15) is 14.9 Å². The van der Waals surface area contributed by atoms with Crippen molar-refractivity contribution in [2.45, 2.75) is 38.0 Å². The van der Waals surface area contributed by atoms with Crippen LogP contribution in [-0.2, 0) is 0 Å². The van der Waals surface area contributed by atoms with Crippen LogP contribution in [0, 0.1) is 4.77 Å². The molecule has 23 heavy (non-hydrogen) atoms. The van der Waals surface area contributed by atoms with Crippen molar-refractivity contribution >= 4 is 36.1 Å². The molecule has 0 unspecified atom stereocenters. The predicted molar refractivity (Wildman–Crippen MR) is 97.4 cm³/mol. The highest BCUT2D eigenvalue weighted by atomic mass is 35.5. The Bertz CT molecular complexity index is 754. The molecule has 1 aromatic heterocycles. The Morgan fingerprint density at radius 1 is 1.26 bits per heavy atom. The monoisotopic (exact) mass is 346 g/mol. The van der Waals surface area contributed by atoms with Gasteiger partial charge in [-0.1, -0.05) is 61.2 Å². The first-order valence-electron chi connectivity index (χ1n) is 7.88. The van der Waals surface area contributed by atoms with Gasteiger partial charge in [-0.15, -0.1) is 0 Å². The van der Waals surface area contributed by atoms with E-state index < -0.39 is 0 Å². The first-order valence-corrected chi connectivity index (χ1v) is 8.66. The highest BCUT2D eigenvalue weighted by molar-refractivity contribution is 7.71. The van der Waals surface area contributed by atoms with Crippen molar-refractivity contribution < 1.29 is 0 Å². The van der Waals surface area contributed by atoms with Crippen LogP contribution in [0.2, 0.25) is 0 Å². The Morgan fingerprint density at radius 2 is 2.00 bits per heavy atom. The maximum absolute atomic E-state index is 6.26. The second kappa shape index (κ2) is 7.70. The molecule has 0 amide bonds. The number of allylic oxidation sites excluding steroid dienone is 1. The Balaban J connectivity index is 1.81. The van der Waals surface area contributed by atoms with Crippen molar-refractivity contribution in [2.24, 2.45) is 5.10 Å². The zero-order chi connectivity index (χ0) is 16.1. The first kappa shape index (κ1) is 16.1. The SMILES string of the molecule is S=c1[nH]nc(C2CCCCC2)n1/N=C/C(Cl)=C/c1ccccc1. The molecule has 1 aromatic carbocycles. The molecule has 1 N–H and O–H groups in total. The standard InChI is InChI=1S/C17H19ClN4S/c18-15(11-13-7-3-1-4-8-13)12-19-22-16(20-21-17(22)23)14-9-5-2-6-10-14/h1,3-4,7-8,11-12,14H,2,5-6,9-10H2,(H,21,23)/b15-11-,19-12+. The molecule has 1 aliphatic rings. The molecule has 1 saturated carbocycles. The largest absolute Gasteiger partial charge is 0.250 e. The molecule has 3 rings (SSSR count). The summed E-state index contributed by atoms with van der Waals surface area (Å²) in [4.78, 5) is 0. The maximum Gasteiger partial charge on any atom is 0.216 e. The van der Waals surface area contributed by atoms with Crippen molar-refractivity contribution in [3.05, 3.63) is 51.5 Å². The van der Waals surface area contributed by atoms with E-state index >= 15 is 0 Å². The molecule has 1 fully saturated rings. The number of aromatic nitrogens is 3. The van der Waals surface area contributed by atoms with Gasteiger partial charge in [-0.3, -0.25) is 5.10 Å². The predicted octanol–water partition coefficient (Wildman–Crippen LogP) is 5.10. The van der Waals surface area contributed by atoms with Gasteiger partial charge >= 0.3 is 0 Å². The van der Waals surface area contributed by atoms with Crippen molar-refractivity contribution in [2.75, 3.05) is 0 Å². The van der Waals surface area contributed by atoms with E-state index in [0.717, 1.165) is 24.2 Å². The summed E-state index contributed by atoms with van der Waals surface area (Å²) in [6.07, 6.45) is 9.55. The van der Waals surface area contributed by atoms with Crippen LogP contribution < -0.4 is 0 Å². The Labute approximate surface area is 145 Å². The van der Waals surface area contributed by atoms with Gasteiger partial charge in [-0.25, -0.2) is 0 Å². The van der Waals surface area contributed by atoms with E-state index in [4.69, 9.17) is 23.8 Å². The molecule has 4 nitrogen and oxygen atoms in total. The van der Waals surface area contributed by atoms with Gasteiger partial charge in [0.05, 0.1) is 11.2 Å². The fourth-order valence-electron chi connectivity index (χ4n) is 2.90. The van der Waals surface area contributed by atoms with Crippen LogP contribution >= 0.6 is 23.8 Å². The molecule has 120 valence electrons. The van der Waals surface area contributed by atoms with Crippen LogP contribution in [0.15, 0.2) is 40.5 Å². The molecule has 1 heterocycles. The fraction of sp³-hybridized carbons (Fsp3) is 0.353. The summed E-state index contributed by atoms with van der Waals surface area (Å²) in [6.45, 7) is 0. The molecule has 6 heteroatoms. The Kier molecular flexibility index (Phi) is 5.41. The summed E-state index contributed by atoms with van der Waals surface area (Å²) >= 11 is 11.5. The van der Waals surface area contributed by atoms with Gasteiger partial charge < -0.3 is 0 Å². The number of aromatic amines is 1. The van der Waals surface area contributed by atoms with Gasteiger partial charge in [0, 0.05) is 5.92 Å². The third-order valence-electron chi connectivity index (χ3n) is 4.05. The number of hydrogen-bond donors (Lipinski definition) is 1. The Morgan fingerprint density at radius 3 is 2.74 bits per heavy atom. The highest BCUT2D eigenvalue weighted by Gasteiger charge is 2.21. The van der Waals surface area contributed by atoms with E-state index in [9.17, 15) is 0 Å². The summed E-state index contributed by atoms with van der Waals surface area (Å²) in [5.41, 5.74) is 1.03. The second-order valence-corrected chi connectivity index (χ2v) is 6.54. The third-order valence-corrected chi connectivity index (χ3v) is 4.52. The van der Waals surface area contributed by atoms with E-state index in [1.807, 2.05) is 36.4 Å². The van der Waals surface area contributed by atoms with Crippen molar-refractivity contribution in [1.82, 2.24) is 14.9 Å². The summed E-state index contributed by atoms with van der Waals surface area (Å²) in [5.74, 6) is 1.33. The third kappa shape index (κ3) is 4.18. The second-order valence-electron chi connectivity index (χ2n) is 5.72. The molecular weight excluding hydrogens is 328 g/mol. The van der Waals surface area contributed by atoms with Crippen LogP contribution in [0.5, 0.6) is 0 Å². The fourth-order valence-corrected chi connectivity index (χ4v) is 3.26. The van der Waals surface area contributed by atoms with Crippen molar-refractivity contribution in [3.63, 3.8) is 0 Å². The molecule has 2 aromatic rings. The molecule has 1 aliphatic carbocycles. The van der Waals surface area contributed by atoms with E-state index in [1.54, 1.807) is 10.9 Å². The molecular formula is C17H19ClN4S. The molecule has 0 bridgehead atoms. The summed E-state index contributed by atoms with van der Waals surface area (Å²) in [7, 11) is 0. The summed E-state index contributed by atoms with van der Waals surface area (Å²) in [5, 5.41) is 12.2. The highest BCUT2D eigenvalue weighted by Crippen LogP contribution is 2.31. The van der Waals surface area contributed by atoms with Gasteiger partial charge in [0.15, 0.2) is 5.82 Å². The van der Waals surface area contributed by atoms with E-state index in [-0.39, 0.29) is 0 Å². The zero-order valence-corrected chi connectivity index (χ0v) is 14.4. The lowest BCUT2D eigenvalue weighted by Gasteiger charge is -2.19. The smallest absolute Gasteiger partial charge is 0.216 e. The van der Waals surface area contributed by atoms with E-state index in [2.05, 4.69) is 15.3 Å². The molecule has 0 atom stereocenters. The number of rotatable bonds is 4. The molecule has 0 saturated heterocycles. The molecule has 0 spiro atoms. The normalized spacial score (nSPS) is 17.0. The molecule has 0 aliphatic heterocycles. The van der Waals surface area contributed by atoms with Crippen LogP contribution in [-0.4, -0.2) is 21.1 Å². The molecule has 0 radical (unpaired) electrons. The average Bonchev–Trinajstić information content (AvgIpc) is 2.95. The van der Waals surface area contributed by atoms with Crippen LogP contribution in [0.4, 0.5) is 0 Å². The Hall–Kier alpha value is -1.72. The van der Waals surface area contributed by atoms with Crippen LogP contribution in [0.3, 0.4) is 0 Å². The lowest BCUT2D eigenvalue weighted by Crippen LogP contribution is -2.10. The number of benzene rings is 1. The minimum Gasteiger partial charge on any atom is -0.250 e. The average molecular weight is 347 g/mol. The number of H-pyrrole nitrogens is 1. The summed E-state index contributed by atoms with van der Waals surface area (Å²) < 4.78 is 2.21. The minimum absolute atomic E-state index is 0.422. The number of hydrogen-bond acceptors (Lipinski definition) is 3. The lowest BCUT2D eigenvalue weighted by atomic mass is 9.89. The quantitative estimate of drug-likeness (QED) is 0.618. The van der Waals surface area contributed by atoms with Gasteiger partial charge in [-0.05, 0) is 36.7 Å². The van der Waals surface area contributed by atoms with E-state index in [0.29, 0.717) is 15.7 Å².